The highest BCUT2D eigenvalue weighted by Gasteiger charge is 2.07. The van der Waals surface area contributed by atoms with Crippen LogP contribution in [0.1, 0.15) is 16.1 Å². The average molecular weight is 301 g/mol. The number of pyridine rings is 1. The Hall–Kier alpha value is -2.58. The number of hydrazine groups is 1. The molecule has 3 aromatic heterocycles. The summed E-state index contributed by atoms with van der Waals surface area (Å²) in [5.74, 6) is 4.64. The molecule has 0 atom stereocenters. The highest BCUT2D eigenvalue weighted by Crippen LogP contribution is 2.13. The van der Waals surface area contributed by atoms with Crippen molar-refractivity contribution in [1.82, 2.24) is 20.0 Å². The Morgan fingerprint density at radius 1 is 1.33 bits per heavy atom. The van der Waals surface area contributed by atoms with Crippen LogP contribution in [0.25, 0.3) is 10.2 Å². The number of thiophene rings is 1. The van der Waals surface area contributed by atoms with E-state index in [-0.39, 0.29) is 5.56 Å². The molecule has 0 bridgehead atoms. The van der Waals surface area contributed by atoms with E-state index in [1.807, 2.05) is 16.9 Å². The van der Waals surface area contributed by atoms with Crippen LogP contribution < -0.4 is 16.8 Å². The normalized spacial score (nSPS) is 10.7. The van der Waals surface area contributed by atoms with Gasteiger partial charge in [0.05, 0.1) is 29.6 Å². The molecular formula is C13H11N5O2S. The van der Waals surface area contributed by atoms with Crippen molar-refractivity contribution < 1.29 is 4.79 Å². The van der Waals surface area contributed by atoms with Gasteiger partial charge in [-0.15, -0.1) is 11.3 Å². The smallest absolute Gasteiger partial charge is 0.271 e. The van der Waals surface area contributed by atoms with Gasteiger partial charge in [-0.3, -0.25) is 24.6 Å². The summed E-state index contributed by atoms with van der Waals surface area (Å²) in [4.78, 5) is 31.9. The summed E-state index contributed by atoms with van der Waals surface area (Å²) in [6, 6.07) is 5.09. The second-order valence-electron chi connectivity index (χ2n) is 4.32. The van der Waals surface area contributed by atoms with E-state index < -0.39 is 5.91 Å². The number of aromatic nitrogens is 3. The number of nitrogen functional groups attached to an aromatic ring is 1. The molecule has 7 nitrogen and oxygen atoms in total. The molecule has 0 unspecified atom stereocenters. The number of carbonyl (C=O) groups excluding carboxylic acids is 1. The van der Waals surface area contributed by atoms with Crippen molar-refractivity contribution in [1.29, 1.82) is 0 Å². The van der Waals surface area contributed by atoms with Gasteiger partial charge in [0.25, 0.3) is 11.5 Å². The average Bonchev–Trinajstić information content (AvgIpc) is 2.99. The first-order valence-electron chi connectivity index (χ1n) is 6.07. The molecule has 3 heterocycles. The molecule has 1 amide bonds. The van der Waals surface area contributed by atoms with Crippen LogP contribution in [-0.4, -0.2) is 20.4 Å². The molecule has 0 aliphatic rings. The summed E-state index contributed by atoms with van der Waals surface area (Å²) >= 11 is 1.36. The van der Waals surface area contributed by atoms with Gasteiger partial charge in [0.15, 0.2) is 0 Å². The minimum atomic E-state index is -0.409. The molecule has 3 rings (SSSR count). The first kappa shape index (κ1) is 13.4. The standard InChI is InChI=1S/C13H11N5O2S/c14-17-12(19)8-1-2-9(15-5-8)6-18-7-16-10-3-4-21-11(10)13(18)20/h1-5,7H,6,14H2,(H,17,19). The lowest BCUT2D eigenvalue weighted by Crippen LogP contribution is -2.30. The van der Waals surface area contributed by atoms with Crippen molar-refractivity contribution in [3.8, 4) is 0 Å². The van der Waals surface area contributed by atoms with Crippen LogP contribution in [0.2, 0.25) is 0 Å². The number of rotatable bonds is 3. The summed E-state index contributed by atoms with van der Waals surface area (Å²) < 4.78 is 2.11. The molecule has 0 radical (unpaired) electrons. The Morgan fingerprint density at radius 2 is 2.19 bits per heavy atom. The van der Waals surface area contributed by atoms with Crippen LogP contribution in [-0.2, 0) is 6.54 Å². The molecular weight excluding hydrogens is 290 g/mol. The quantitative estimate of drug-likeness (QED) is 0.417. The summed E-state index contributed by atoms with van der Waals surface area (Å²) in [6.07, 6.45) is 2.92. The largest absolute Gasteiger partial charge is 0.292 e. The number of hydrogen-bond donors (Lipinski definition) is 2. The van der Waals surface area contributed by atoms with Crippen molar-refractivity contribution in [2.24, 2.45) is 5.84 Å². The van der Waals surface area contributed by atoms with E-state index in [9.17, 15) is 9.59 Å². The van der Waals surface area contributed by atoms with Crippen molar-refractivity contribution >= 4 is 27.5 Å². The minimum Gasteiger partial charge on any atom is -0.292 e. The SMILES string of the molecule is NNC(=O)c1ccc(Cn2cnc3ccsc3c2=O)nc1. The summed E-state index contributed by atoms with van der Waals surface area (Å²) in [5.41, 5.74) is 3.65. The van der Waals surface area contributed by atoms with Gasteiger partial charge in [0.1, 0.15) is 4.70 Å². The Bertz CT molecular complexity index is 853. The van der Waals surface area contributed by atoms with Gasteiger partial charge in [-0.1, -0.05) is 0 Å². The second kappa shape index (κ2) is 5.43. The zero-order chi connectivity index (χ0) is 14.8. The number of nitrogens with one attached hydrogen (secondary N) is 1. The molecule has 0 saturated carbocycles. The van der Waals surface area contributed by atoms with Gasteiger partial charge in [-0.05, 0) is 23.6 Å². The van der Waals surface area contributed by atoms with Crippen LogP contribution in [0, 0.1) is 0 Å². The summed E-state index contributed by atoms with van der Waals surface area (Å²) in [6.45, 7) is 0.296. The lowest BCUT2D eigenvalue weighted by molar-refractivity contribution is 0.0953. The minimum absolute atomic E-state index is 0.0967. The third-order valence-corrected chi connectivity index (χ3v) is 3.88. The second-order valence-corrected chi connectivity index (χ2v) is 5.24. The van der Waals surface area contributed by atoms with Crippen molar-refractivity contribution in [3.05, 3.63) is 57.7 Å². The fourth-order valence-electron chi connectivity index (χ4n) is 1.90. The van der Waals surface area contributed by atoms with Gasteiger partial charge in [-0.2, -0.15) is 0 Å². The van der Waals surface area contributed by atoms with Crippen molar-refractivity contribution in [2.45, 2.75) is 6.54 Å². The molecule has 0 fully saturated rings. The third-order valence-electron chi connectivity index (χ3n) is 2.99. The number of amides is 1. The third kappa shape index (κ3) is 2.54. The maximum atomic E-state index is 12.2. The van der Waals surface area contributed by atoms with Gasteiger partial charge >= 0.3 is 0 Å². The number of nitrogens with zero attached hydrogens (tertiary/aromatic N) is 3. The molecule has 8 heteroatoms. The fraction of sp³-hybridized carbons (Fsp3) is 0.0769. The van der Waals surface area contributed by atoms with Gasteiger partial charge < -0.3 is 0 Å². The number of fused-ring (bicyclic) bond motifs is 1. The molecule has 21 heavy (non-hydrogen) atoms. The van der Waals surface area contributed by atoms with Crippen molar-refractivity contribution in [2.75, 3.05) is 0 Å². The summed E-state index contributed by atoms with van der Waals surface area (Å²) in [5, 5.41) is 1.84. The van der Waals surface area contributed by atoms with Crippen LogP contribution in [0.15, 0.2) is 40.9 Å². The zero-order valence-electron chi connectivity index (χ0n) is 10.8. The molecule has 3 aromatic rings. The Balaban J connectivity index is 1.90. The van der Waals surface area contributed by atoms with E-state index >= 15 is 0 Å². The van der Waals surface area contributed by atoms with Gasteiger partial charge in [0.2, 0.25) is 0 Å². The Morgan fingerprint density at radius 3 is 2.90 bits per heavy atom. The molecule has 3 N–H and O–H groups in total. The van der Waals surface area contributed by atoms with Gasteiger partial charge in [0, 0.05) is 6.20 Å². The number of carbonyl (C=O) groups is 1. The van der Waals surface area contributed by atoms with E-state index in [0.29, 0.717) is 28.0 Å². The molecule has 0 aromatic carbocycles. The highest BCUT2D eigenvalue weighted by atomic mass is 32.1. The molecule has 106 valence electrons. The van der Waals surface area contributed by atoms with Crippen LogP contribution in [0.3, 0.4) is 0 Å². The predicted octanol–water partition coefficient (Wildman–Crippen LogP) is 0.505. The molecule has 0 spiro atoms. The van der Waals surface area contributed by atoms with Crippen LogP contribution in [0.4, 0.5) is 0 Å². The number of hydrogen-bond acceptors (Lipinski definition) is 6. The Labute approximate surface area is 123 Å². The molecule has 0 aliphatic carbocycles. The highest BCUT2D eigenvalue weighted by molar-refractivity contribution is 7.17. The predicted molar refractivity (Wildman–Crippen MR) is 78.9 cm³/mol. The van der Waals surface area contributed by atoms with Crippen molar-refractivity contribution in [3.63, 3.8) is 0 Å². The molecule has 0 aliphatic heterocycles. The van der Waals surface area contributed by atoms with E-state index in [2.05, 4.69) is 9.97 Å². The molecule has 0 saturated heterocycles. The number of nitrogens with two attached hydrogens (primary N) is 1. The van der Waals surface area contributed by atoms with Crippen LogP contribution in [0.5, 0.6) is 0 Å². The first-order chi connectivity index (χ1) is 10.2. The lowest BCUT2D eigenvalue weighted by atomic mass is 10.2. The fourth-order valence-corrected chi connectivity index (χ4v) is 2.69. The maximum Gasteiger partial charge on any atom is 0.271 e. The first-order valence-corrected chi connectivity index (χ1v) is 6.95. The van der Waals surface area contributed by atoms with E-state index in [1.54, 1.807) is 12.1 Å². The topological polar surface area (TPSA) is 103 Å². The monoisotopic (exact) mass is 301 g/mol. The van der Waals surface area contributed by atoms with E-state index in [4.69, 9.17) is 5.84 Å². The van der Waals surface area contributed by atoms with E-state index in [0.717, 1.165) is 0 Å². The summed E-state index contributed by atoms with van der Waals surface area (Å²) in [7, 11) is 0. The lowest BCUT2D eigenvalue weighted by Gasteiger charge is -2.05. The van der Waals surface area contributed by atoms with E-state index in [1.165, 1.54) is 28.4 Å². The Kier molecular flexibility index (Phi) is 3.46. The van der Waals surface area contributed by atoms with Crippen LogP contribution >= 0.6 is 11.3 Å². The zero-order valence-corrected chi connectivity index (χ0v) is 11.6. The van der Waals surface area contributed by atoms with Gasteiger partial charge in [-0.25, -0.2) is 10.8 Å². The maximum absolute atomic E-state index is 12.2.